The Kier molecular flexibility index (Phi) is 4.42. The van der Waals surface area contributed by atoms with Crippen molar-refractivity contribution in [2.75, 3.05) is 0 Å². The van der Waals surface area contributed by atoms with Gasteiger partial charge in [-0.25, -0.2) is 0 Å². The van der Waals surface area contributed by atoms with Crippen molar-refractivity contribution in [2.45, 2.75) is 30.7 Å². The van der Waals surface area contributed by atoms with Gasteiger partial charge in [0.15, 0.2) is 0 Å². The van der Waals surface area contributed by atoms with Crippen LogP contribution in [0.3, 0.4) is 0 Å². The molecule has 3 nitrogen and oxygen atoms in total. The number of carbonyl (C=O) groups excluding carboxylic acids is 2. The van der Waals surface area contributed by atoms with Crippen LogP contribution in [0.15, 0.2) is 58.6 Å². The van der Waals surface area contributed by atoms with Crippen LogP contribution in [0.5, 0.6) is 0 Å². The van der Waals surface area contributed by atoms with E-state index in [2.05, 4.69) is 41.9 Å². The number of ketones is 2. The monoisotopic (exact) mass is 476 g/mol. The number of halogens is 1. The molecule has 0 saturated heterocycles. The van der Waals surface area contributed by atoms with Crippen LogP contribution in [0.1, 0.15) is 36.2 Å². The quantitative estimate of drug-likeness (QED) is 0.488. The number of allylic oxidation sites excluding steroid dienone is 1. The molecule has 132 valence electrons. The van der Waals surface area contributed by atoms with Crippen molar-refractivity contribution < 1.29 is 14.3 Å². The minimum atomic E-state index is -0.419. The first-order valence-electron chi connectivity index (χ1n) is 8.39. The fourth-order valence-corrected chi connectivity index (χ4v) is 6.12. The van der Waals surface area contributed by atoms with E-state index in [1.54, 1.807) is 12.1 Å². The number of hydrogen-bond donors (Lipinski definition) is 0. The molecule has 0 amide bonds. The zero-order valence-electron chi connectivity index (χ0n) is 14.4. The molecule has 26 heavy (non-hydrogen) atoms. The third-order valence-corrected chi connectivity index (χ3v) is 8.60. The van der Waals surface area contributed by atoms with Gasteiger partial charge in [0.2, 0.25) is 0 Å². The molecular weight excluding hydrogens is 459 g/mol. The standard InChI is InChI=1S/C21H17BrO3Se/c1-21(2)17(26-13-9-7-12(22)8-10-13)11-16-19(24)18(23)14-5-3-4-6-15(14)20(16)25-21/h3-10,17H,11H2,1-2H3. The molecule has 1 aliphatic carbocycles. The molecule has 1 heterocycles. The minimum absolute atomic E-state index is 0.128. The van der Waals surface area contributed by atoms with Crippen LogP contribution in [0.2, 0.25) is 4.82 Å². The van der Waals surface area contributed by atoms with E-state index in [0.717, 1.165) is 10.0 Å². The van der Waals surface area contributed by atoms with E-state index in [1.165, 1.54) is 4.46 Å². The Labute approximate surface area is 167 Å². The molecule has 2 aromatic rings. The van der Waals surface area contributed by atoms with Crippen molar-refractivity contribution >= 4 is 52.7 Å². The zero-order chi connectivity index (χ0) is 18.5. The molecule has 4 rings (SSSR count). The van der Waals surface area contributed by atoms with Crippen molar-refractivity contribution in [2.24, 2.45) is 0 Å². The summed E-state index contributed by atoms with van der Waals surface area (Å²) in [6, 6.07) is 15.5. The fraction of sp³-hybridized carbons (Fsp3) is 0.238. The second-order valence-corrected chi connectivity index (χ2v) is 10.6. The second-order valence-electron chi connectivity index (χ2n) is 6.98. The number of hydrogen-bond acceptors (Lipinski definition) is 3. The van der Waals surface area contributed by atoms with Gasteiger partial charge < -0.3 is 0 Å². The van der Waals surface area contributed by atoms with Crippen molar-refractivity contribution in [1.29, 1.82) is 0 Å². The van der Waals surface area contributed by atoms with Gasteiger partial charge in [-0.2, -0.15) is 0 Å². The molecule has 1 unspecified atom stereocenters. The van der Waals surface area contributed by atoms with Gasteiger partial charge in [0, 0.05) is 0 Å². The summed E-state index contributed by atoms with van der Waals surface area (Å²) in [6.45, 7) is 4.15. The van der Waals surface area contributed by atoms with Crippen molar-refractivity contribution in [1.82, 2.24) is 0 Å². The summed E-state index contributed by atoms with van der Waals surface area (Å²) >= 11 is 3.59. The number of ether oxygens (including phenoxy) is 1. The second kappa shape index (κ2) is 6.49. The van der Waals surface area contributed by atoms with E-state index in [4.69, 9.17) is 4.74 Å². The Bertz CT molecular complexity index is 944. The molecule has 0 saturated carbocycles. The van der Waals surface area contributed by atoms with Gasteiger partial charge in [-0.15, -0.1) is 0 Å². The van der Waals surface area contributed by atoms with Gasteiger partial charge >= 0.3 is 167 Å². The van der Waals surface area contributed by atoms with Gasteiger partial charge in [0.25, 0.3) is 0 Å². The third-order valence-electron chi connectivity index (χ3n) is 4.79. The van der Waals surface area contributed by atoms with Gasteiger partial charge in [0.1, 0.15) is 0 Å². The fourth-order valence-electron chi connectivity index (χ4n) is 3.33. The van der Waals surface area contributed by atoms with E-state index in [1.807, 2.05) is 24.3 Å². The van der Waals surface area contributed by atoms with E-state index < -0.39 is 17.2 Å². The summed E-state index contributed by atoms with van der Waals surface area (Å²) in [5.41, 5.74) is 1.33. The molecule has 0 bridgehead atoms. The molecule has 2 aromatic carbocycles. The van der Waals surface area contributed by atoms with E-state index in [0.29, 0.717) is 23.3 Å². The Morgan fingerprint density at radius 2 is 1.65 bits per heavy atom. The van der Waals surface area contributed by atoms with Crippen LogP contribution in [0.25, 0.3) is 5.76 Å². The summed E-state index contributed by atoms with van der Waals surface area (Å²) in [7, 11) is 0. The van der Waals surface area contributed by atoms with Crippen molar-refractivity contribution in [3.63, 3.8) is 0 Å². The van der Waals surface area contributed by atoms with Crippen LogP contribution in [0, 0.1) is 0 Å². The van der Waals surface area contributed by atoms with Gasteiger partial charge in [-0.1, -0.05) is 0 Å². The first kappa shape index (κ1) is 17.7. The molecule has 0 spiro atoms. The normalized spacial score (nSPS) is 21.1. The number of fused-ring (bicyclic) bond motifs is 2. The molecule has 0 fully saturated rings. The molecule has 1 atom stereocenters. The van der Waals surface area contributed by atoms with Crippen LogP contribution in [0.4, 0.5) is 0 Å². The van der Waals surface area contributed by atoms with Gasteiger partial charge in [-0.3, -0.25) is 0 Å². The Morgan fingerprint density at radius 1 is 1.00 bits per heavy atom. The van der Waals surface area contributed by atoms with Gasteiger partial charge in [-0.05, 0) is 0 Å². The van der Waals surface area contributed by atoms with E-state index in [9.17, 15) is 9.59 Å². The van der Waals surface area contributed by atoms with E-state index >= 15 is 0 Å². The Morgan fingerprint density at radius 3 is 2.35 bits per heavy atom. The van der Waals surface area contributed by atoms with Gasteiger partial charge in [0.05, 0.1) is 0 Å². The van der Waals surface area contributed by atoms with Crippen LogP contribution < -0.4 is 4.46 Å². The first-order valence-corrected chi connectivity index (χ1v) is 11.0. The molecule has 5 heteroatoms. The summed E-state index contributed by atoms with van der Waals surface area (Å²) in [5, 5.41) is 0. The molecule has 2 aliphatic rings. The first-order chi connectivity index (χ1) is 12.4. The predicted octanol–water partition coefficient (Wildman–Crippen LogP) is 3.94. The zero-order valence-corrected chi connectivity index (χ0v) is 17.7. The third kappa shape index (κ3) is 2.98. The summed E-state index contributed by atoms with van der Waals surface area (Å²) in [6.07, 6.45) is 0.581. The predicted molar refractivity (Wildman–Crippen MR) is 106 cm³/mol. The Hall–Kier alpha value is -1.68. The number of carbonyl (C=O) groups is 2. The Balaban J connectivity index is 1.73. The average molecular weight is 476 g/mol. The number of benzene rings is 2. The van der Waals surface area contributed by atoms with Crippen LogP contribution >= 0.6 is 15.9 Å². The van der Waals surface area contributed by atoms with Crippen molar-refractivity contribution in [3.8, 4) is 0 Å². The van der Waals surface area contributed by atoms with Crippen LogP contribution in [-0.4, -0.2) is 32.1 Å². The molecule has 0 aromatic heterocycles. The molecule has 0 radical (unpaired) electrons. The summed E-state index contributed by atoms with van der Waals surface area (Å²) in [5.74, 6) is -0.235. The summed E-state index contributed by atoms with van der Waals surface area (Å²) < 4.78 is 8.64. The SMILES string of the molecule is CC1(C)OC2=C(CC1[Se]c1ccc(Br)cc1)C(=O)C(=O)c1ccccc12. The van der Waals surface area contributed by atoms with Crippen molar-refractivity contribution in [3.05, 3.63) is 69.7 Å². The number of Topliss-reactive ketones (excluding diaryl/α,β-unsaturated/α-hetero) is 2. The number of rotatable bonds is 2. The van der Waals surface area contributed by atoms with Crippen LogP contribution in [-0.2, 0) is 9.53 Å². The summed E-state index contributed by atoms with van der Waals surface area (Å²) in [4.78, 5) is 25.4. The average Bonchev–Trinajstić information content (AvgIpc) is 2.62. The topological polar surface area (TPSA) is 43.4 Å². The van der Waals surface area contributed by atoms with E-state index in [-0.39, 0.29) is 19.8 Å². The molecule has 1 aliphatic heterocycles. The molecule has 0 N–H and O–H groups in total. The maximum atomic E-state index is 12.7. The maximum absolute atomic E-state index is 12.7. The molecular formula is C21H17BrO3Se.